The third-order valence-corrected chi connectivity index (χ3v) is 6.13. The van der Waals surface area contributed by atoms with Crippen molar-refractivity contribution in [2.75, 3.05) is 13.1 Å². The molecule has 0 N–H and O–H groups in total. The second-order valence-electron chi connectivity index (χ2n) is 7.78. The summed E-state index contributed by atoms with van der Waals surface area (Å²) in [7, 11) is 0. The van der Waals surface area contributed by atoms with Gasteiger partial charge in [-0.05, 0) is 79.6 Å². The smallest absolute Gasteiger partial charge is 0.123 e. The number of benzene rings is 2. The third-order valence-electron chi connectivity index (χ3n) is 6.13. The number of fused-ring (bicyclic) bond motifs is 1. The van der Waals surface area contributed by atoms with E-state index in [9.17, 15) is 9.65 Å². The summed E-state index contributed by atoms with van der Waals surface area (Å²) in [5, 5.41) is 9.20. The SMILES string of the molecule is N#CCN1CCCCC12CCc1cc(OCc3ccc(F)cc3)ccc1C2. The Kier molecular flexibility index (Phi) is 5.13. The van der Waals surface area contributed by atoms with Crippen LogP contribution in [0.1, 0.15) is 42.4 Å². The summed E-state index contributed by atoms with van der Waals surface area (Å²) in [5.41, 5.74) is 3.87. The fourth-order valence-electron chi connectivity index (χ4n) is 4.62. The molecule has 2 aliphatic rings. The molecule has 1 aliphatic heterocycles. The van der Waals surface area contributed by atoms with Crippen LogP contribution in [0.15, 0.2) is 42.5 Å². The lowest BCUT2D eigenvalue weighted by Gasteiger charge is -2.49. The summed E-state index contributed by atoms with van der Waals surface area (Å²) in [6, 6.07) is 15.2. The Bertz CT molecular complexity index is 842. The fourth-order valence-corrected chi connectivity index (χ4v) is 4.62. The minimum atomic E-state index is -0.227. The molecule has 2 aromatic carbocycles. The van der Waals surface area contributed by atoms with Crippen LogP contribution < -0.4 is 4.74 Å². The van der Waals surface area contributed by atoms with Gasteiger partial charge in [-0.1, -0.05) is 24.6 Å². The fraction of sp³-hybridized carbons (Fsp3) is 0.435. The van der Waals surface area contributed by atoms with Gasteiger partial charge >= 0.3 is 0 Å². The molecule has 1 aliphatic carbocycles. The van der Waals surface area contributed by atoms with Gasteiger partial charge in [-0.25, -0.2) is 4.39 Å². The van der Waals surface area contributed by atoms with Crippen LogP contribution in [0, 0.1) is 17.1 Å². The van der Waals surface area contributed by atoms with Gasteiger partial charge in [0, 0.05) is 5.54 Å². The largest absolute Gasteiger partial charge is 0.489 e. The molecule has 1 spiro atoms. The van der Waals surface area contributed by atoms with Crippen LogP contribution in [0.25, 0.3) is 0 Å². The molecular weight excluding hydrogens is 339 g/mol. The first-order valence-corrected chi connectivity index (χ1v) is 9.80. The summed E-state index contributed by atoms with van der Waals surface area (Å²) in [5.74, 6) is 0.640. The monoisotopic (exact) mass is 364 g/mol. The first-order valence-electron chi connectivity index (χ1n) is 9.80. The molecule has 1 unspecified atom stereocenters. The Morgan fingerprint density at radius 3 is 2.74 bits per heavy atom. The zero-order valence-electron chi connectivity index (χ0n) is 15.6. The van der Waals surface area contributed by atoms with E-state index in [0.29, 0.717) is 13.2 Å². The predicted octanol–water partition coefficient (Wildman–Crippen LogP) is 4.64. The van der Waals surface area contributed by atoms with Crippen LogP contribution in [-0.4, -0.2) is 23.5 Å². The quantitative estimate of drug-likeness (QED) is 0.742. The number of likely N-dealkylation sites (tertiary alicyclic amines) is 1. The zero-order valence-corrected chi connectivity index (χ0v) is 15.6. The molecule has 0 aromatic heterocycles. The topological polar surface area (TPSA) is 36.3 Å². The normalized spacial score (nSPS) is 22.2. The van der Waals surface area contributed by atoms with E-state index < -0.39 is 0 Å². The maximum Gasteiger partial charge on any atom is 0.123 e. The van der Waals surface area contributed by atoms with E-state index in [0.717, 1.165) is 37.1 Å². The molecule has 1 fully saturated rings. The average molecular weight is 364 g/mol. The Hall–Kier alpha value is -2.38. The van der Waals surface area contributed by atoms with Crippen LogP contribution in [0.2, 0.25) is 0 Å². The number of aryl methyl sites for hydroxylation is 1. The molecular formula is C23H25FN2O. The van der Waals surface area contributed by atoms with Crippen LogP contribution in [0.3, 0.4) is 0 Å². The number of hydrogen-bond donors (Lipinski definition) is 0. The van der Waals surface area contributed by atoms with Crippen molar-refractivity contribution in [3.05, 3.63) is 65.0 Å². The molecule has 4 heteroatoms. The van der Waals surface area contributed by atoms with E-state index in [-0.39, 0.29) is 11.4 Å². The van der Waals surface area contributed by atoms with Gasteiger partial charge in [0.05, 0.1) is 12.6 Å². The molecule has 4 rings (SSSR count). The van der Waals surface area contributed by atoms with Crippen LogP contribution in [-0.2, 0) is 19.4 Å². The molecule has 0 radical (unpaired) electrons. The van der Waals surface area contributed by atoms with Crippen molar-refractivity contribution in [2.45, 2.75) is 50.7 Å². The van der Waals surface area contributed by atoms with Gasteiger partial charge in [-0.15, -0.1) is 0 Å². The second-order valence-corrected chi connectivity index (χ2v) is 7.78. The van der Waals surface area contributed by atoms with E-state index in [4.69, 9.17) is 4.74 Å². The van der Waals surface area contributed by atoms with Crippen molar-refractivity contribution in [3.8, 4) is 11.8 Å². The van der Waals surface area contributed by atoms with Gasteiger partial charge in [-0.2, -0.15) is 5.26 Å². The third kappa shape index (κ3) is 3.84. The maximum absolute atomic E-state index is 13.0. The van der Waals surface area contributed by atoms with Crippen molar-refractivity contribution in [1.29, 1.82) is 5.26 Å². The lowest BCUT2D eigenvalue weighted by atomic mass is 9.72. The maximum atomic E-state index is 13.0. The molecule has 1 heterocycles. The van der Waals surface area contributed by atoms with Gasteiger partial charge in [-0.3, -0.25) is 4.90 Å². The number of halogens is 1. The van der Waals surface area contributed by atoms with E-state index in [1.54, 1.807) is 12.1 Å². The minimum absolute atomic E-state index is 0.164. The van der Waals surface area contributed by atoms with Crippen molar-refractivity contribution in [2.24, 2.45) is 0 Å². The van der Waals surface area contributed by atoms with Crippen molar-refractivity contribution in [3.63, 3.8) is 0 Å². The first kappa shape index (κ1) is 18.0. The van der Waals surface area contributed by atoms with Crippen molar-refractivity contribution in [1.82, 2.24) is 4.90 Å². The predicted molar refractivity (Wildman–Crippen MR) is 103 cm³/mol. The van der Waals surface area contributed by atoms with Crippen LogP contribution in [0.4, 0.5) is 4.39 Å². The number of hydrogen-bond acceptors (Lipinski definition) is 3. The van der Waals surface area contributed by atoms with E-state index in [1.165, 1.54) is 42.5 Å². The summed E-state index contributed by atoms with van der Waals surface area (Å²) in [6.07, 6.45) is 6.83. The summed E-state index contributed by atoms with van der Waals surface area (Å²) >= 11 is 0. The highest BCUT2D eigenvalue weighted by Crippen LogP contribution is 2.40. The highest BCUT2D eigenvalue weighted by Gasteiger charge is 2.41. The van der Waals surface area contributed by atoms with Gasteiger partial charge in [0.15, 0.2) is 0 Å². The number of nitriles is 1. The number of rotatable bonds is 4. The molecule has 0 amide bonds. The Labute approximate surface area is 160 Å². The first-order chi connectivity index (χ1) is 13.2. The van der Waals surface area contributed by atoms with E-state index in [2.05, 4.69) is 23.1 Å². The summed E-state index contributed by atoms with van der Waals surface area (Å²) < 4.78 is 18.9. The molecule has 140 valence electrons. The summed E-state index contributed by atoms with van der Waals surface area (Å²) in [4.78, 5) is 2.42. The highest BCUT2D eigenvalue weighted by molar-refractivity contribution is 5.39. The number of piperidine rings is 1. The minimum Gasteiger partial charge on any atom is -0.489 e. The number of ether oxygens (including phenoxy) is 1. The molecule has 0 bridgehead atoms. The molecule has 1 atom stereocenters. The van der Waals surface area contributed by atoms with Gasteiger partial charge < -0.3 is 4.74 Å². The lowest BCUT2D eigenvalue weighted by molar-refractivity contribution is 0.0463. The molecule has 0 saturated carbocycles. The highest BCUT2D eigenvalue weighted by atomic mass is 19.1. The Morgan fingerprint density at radius 2 is 1.93 bits per heavy atom. The Morgan fingerprint density at radius 1 is 1.07 bits per heavy atom. The lowest BCUT2D eigenvalue weighted by Crippen LogP contribution is -2.55. The van der Waals surface area contributed by atoms with Gasteiger partial charge in [0.25, 0.3) is 0 Å². The van der Waals surface area contributed by atoms with Gasteiger partial charge in [0.2, 0.25) is 0 Å². The average Bonchev–Trinajstić information content (AvgIpc) is 2.70. The summed E-state index contributed by atoms with van der Waals surface area (Å²) in [6.45, 7) is 2.02. The Balaban J connectivity index is 1.46. The number of nitrogens with zero attached hydrogens (tertiary/aromatic N) is 2. The van der Waals surface area contributed by atoms with E-state index in [1.807, 2.05) is 6.07 Å². The molecule has 27 heavy (non-hydrogen) atoms. The standard InChI is InChI=1S/C23H25FN2O/c24-21-6-3-18(4-7-21)17-27-22-8-5-20-16-23(11-9-19(20)15-22)10-1-2-13-26(23)14-12-25/h3-8,15H,1-2,9-11,13-14,16-17H2. The second kappa shape index (κ2) is 7.70. The molecule has 2 aromatic rings. The van der Waals surface area contributed by atoms with Crippen LogP contribution >= 0.6 is 0 Å². The van der Waals surface area contributed by atoms with Crippen molar-refractivity contribution < 1.29 is 9.13 Å². The van der Waals surface area contributed by atoms with Gasteiger partial charge in [0.1, 0.15) is 18.2 Å². The zero-order chi connectivity index (χ0) is 18.7. The molecule has 1 saturated heterocycles. The van der Waals surface area contributed by atoms with Crippen molar-refractivity contribution >= 4 is 0 Å². The van der Waals surface area contributed by atoms with Crippen LogP contribution in [0.5, 0.6) is 5.75 Å². The van der Waals surface area contributed by atoms with E-state index >= 15 is 0 Å². The molecule has 3 nitrogen and oxygen atoms in total.